The normalized spacial score (nSPS) is 10.6. The Morgan fingerprint density at radius 1 is 1.08 bits per heavy atom. The summed E-state index contributed by atoms with van der Waals surface area (Å²) >= 11 is 5.20. The Bertz CT molecular complexity index is 884. The van der Waals surface area contributed by atoms with E-state index in [1.807, 2.05) is 43.3 Å². The maximum atomic E-state index is 6.04. The maximum absolute atomic E-state index is 6.04. The fourth-order valence-corrected chi connectivity index (χ4v) is 2.69. The quantitative estimate of drug-likeness (QED) is 0.669. The second kappa shape index (κ2) is 7.31. The van der Waals surface area contributed by atoms with E-state index in [0.29, 0.717) is 17.9 Å². The standard InChI is InChI=1S/C18H20N4OS/c1-13-7-3-4-9-16(13)12-23-17-10-6-5-8-15(17)11-19-22-14(2)20-21-18(22)24/h3-10,19H,11-12H2,1-2H3,(H,21,24). The Labute approximate surface area is 146 Å². The number of rotatable bonds is 6. The number of nitrogens with zero attached hydrogens (tertiary/aromatic N) is 2. The van der Waals surface area contributed by atoms with Crippen molar-refractivity contribution in [1.82, 2.24) is 14.9 Å². The highest BCUT2D eigenvalue weighted by molar-refractivity contribution is 7.71. The number of benzene rings is 2. The molecule has 3 rings (SSSR count). The molecule has 0 bridgehead atoms. The molecule has 0 unspecified atom stereocenters. The molecule has 5 nitrogen and oxygen atoms in total. The van der Waals surface area contributed by atoms with Crippen molar-refractivity contribution in [2.24, 2.45) is 0 Å². The number of aromatic nitrogens is 3. The smallest absolute Gasteiger partial charge is 0.214 e. The first-order valence-electron chi connectivity index (χ1n) is 7.78. The van der Waals surface area contributed by atoms with E-state index in [1.165, 1.54) is 11.1 Å². The van der Waals surface area contributed by atoms with Gasteiger partial charge in [0.15, 0.2) is 0 Å². The number of ether oxygens (including phenoxy) is 1. The second-order valence-corrected chi connectivity index (χ2v) is 5.96. The summed E-state index contributed by atoms with van der Waals surface area (Å²) < 4.78 is 8.34. The molecule has 0 fully saturated rings. The lowest BCUT2D eigenvalue weighted by Crippen LogP contribution is -2.16. The largest absolute Gasteiger partial charge is 0.489 e. The van der Waals surface area contributed by atoms with Crippen LogP contribution in [-0.2, 0) is 13.2 Å². The average molecular weight is 340 g/mol. The van der Waals surface area contributed by atoms with Gasteiger partial charge in [0.05, 0.1) is 6.54 Å². The van der Waals surface area contributed by atoms with Crippen molar-refractivity contribution in [1.29, 1.82) is 0 Å². The Hall–Kier alpha value is -2.60. The highest BCUT2D eigenvalue weighted by atomic mass is 32.1. The van der Waals surface area contributed by atoms with Gasteiger partial charge in [-0.2, -0.15) is 5.10 Å². The summed E-state index contributed by atoms with van der Waals surface area (Å²) in [6.07, 6.45) is 0. The molecule has 0 saturated carbocycles. The fourth-order valence-electron chi connectivity index (χ4n) is 2.44. The number of H-pyrrole nitrogens is 1. The van der Waals surface area contributed by atoms with Gasteiger partial charge >= 0.3 is 0 Å². The van der Waals surface area contributed by atoms with Gasteiger partial charge in [-0.05, 0) is 43.3 Å². The molecule has 0 aliphatic heterocycles. The first-order chi connectivity index (χ1) is 11.6. The van der Waals surface area contributed by atoms with Gasteiger partial charge in [-0.1, -0.05) is 42.5 Å². The predicted octanol–water partition coefficient (Wildman–Crippen LogP) is 3.88. The molecule has 0 spiro atoms. The lowest BCUT2D eigenvalue weighted by atomic mass is 10.1. The van der Waals surface area contributed by atoms with E-state index in [0.717, 1.165) is 17.1 Å². The average Bonchev–Trinajstić information content (AvgIpc) is 2.91. The van der Waals surface area contributed by atoms with Crippen LogP contribution in [0, 0.1) is 18.6 Å². The zero-order valence-electron chi connectivity index (χ0n) is 13.7. The summed E-state index contributed by atoms with van der Waals surface area (Å²) in [7, 11) is 0. The van der Waals surface area contributed by atoms with E-state index >= 15 is 0 Å². The van der Waals surface area contributed by atoms with Crippen LogP contribution >= 0.6 is 12.2 Å². The molecule has 0 aliphatic carbocycles. The minimum atomic E-state index is 0.547. The first kappa shape index (κ1) is 16.3. The Morgan fingerprint density at radius 3 is 2.50 bits per heavy atom. The topological polar surface area (TPSA) is 54.9 Å². The third-order valence-corrected chi connectivity index (χ3v) is 4.16. The number of hydrogen-bond donors (Lipinski definition) is 2. The van der Waals surface area contributed by atoms with Crippen molar-refractivity contribution in [3.63, 3.8) is 0 Å². The van der Waals surface area contributed by atoms with Gasteiger partial charge in [0.2, 0.25) is 4.77 Å². The van der Waals surface area contributed by atoms with Crippen LogP contribution in [0.25, 0.3) is 0 Å². The van der Waals surface area contributed by atoms with Crippen LogP contribution in [0.1, 0.15) is 22.5 Å². The number of para-hydroxylation sites is 1. The Kier molecular flexibility index (Phi) is 4.96. The zero-order chi connectivity index (χ0) is 16.9. The third-order valence-electron chi connectivity index (χ3n) is 3.88. The van der Waals surface area contributed by atoms with E-state index in [2.05, 4.69) is 34.7 Å². The molecule has 3 aromatic rings. The van der Waals surface area contributed by atoms with E-state index in [4.69, 9.17) is 17.0 Å². The lowest BCUT2D eigenvalue weighted by molar-refractivity contribution is 0.302. The molecule has 2 aromatic carbocycles. The molecule has 6 heteroatoms. The van der Waals surface area contributed by atoms with Crippen molar-refractivity contribution in [2.75, 3.05) is 5.43 Å². The first-order valence-corrected chi connectivity index (χ1v) is 8.19. The van der Waals surface area contributed by atoms with Crippen LogP contribution in [0.15, 0.2) is 48.5 Å². The minimum Gasteiger partial charge on any atom is -0.489 e. The molecule has 0 amide bonds. The summed E-state index contributed by atoms with van der Waals surface area (Å²) in [5.41, 5.74) is 6.75. The van der Waals surface area contributed by atoms with Crippen molar-refractivity contribution in [3.05, 3.63) is 75.8 Å². The highest BCUT2D eigenvalue weighted by Gasteiger charge is 2.06. The van der Waals surface area contributed by atoms with E-state index in [9.17, 15) is 0 Å². The molecule has 1 aromatic heterocycles. The van der Waals surface area contributed by atoms with Crippen LogP contribution in [0.3, 0.4) is 0 Å². The molecule has 24 heavy (non-hydrogen) atoms. The van der Waals surface area contributed by atoms with Crippen LogP contribution in [0.2, 0.25) is 0 Å². The zero-order valence-corrected chi connectivity index (χ0v) is 14.6. The van der Waals surface area contributed by atoms with Gasteiger partial charge in [-0.15, -0.1) is 0 Å². The van der Waals surface area contributed by atoms with Gasteiger partial charge in [-0.3, -0.25) is 5.10 Å². The lowest BCUT2D eigenvalue weighted by Gasteiger charge is -2.14. The molecular formula is C18H20N4OS. The number of aryl methyl sites for hydroxylation is 2. The van der Waals surface area contributed by atoms with Gasteiger partial charge in [0, 0.05) is 5.56 Å². The predicted molar refractivity (Wildman–Crippen MR) is 97.2 cm³/mol. The van der Waals surface area contributed by atoms with Gasteiger partial charge in [0.25, 0.3) is 0 Å². The molecule has 1 heterocycles. The molecule has 0 radical (unpaired) electrons. The summed E-state index contributed by atoms with van der Waals surface area (Å²) in [6, 6.07) is 16.2. The van der Waals surface area contributed by atoms with Crippen molar-refractivity contribution < 1.29 is 4.74 Å². The molecule has 124 valence electrons. The summed E-state index contributed by atoms with van der Waals surface area (Å²) in [6.45, 7) is 5.13. The highest BCUT2D eigenvalue weighted by Crippen LogP contribution is 2.20. The second-order valence-electron chi connectivity index (χ2n) is 5.57. The maximum Gasteiger partial charge on any atom is 0.214 e. The number of nitrogens with one attached hydrogen (secondary N) is 2. The Balaban J connectivity index is 1.71. The van der Waals surface area contributed by atoms with Crippen molar-refractivity contribution in [3.8, 4) is 5.75 Å². The molecule has 0 saturated heterocycles. The molecule has 2 N–H and O–H groups in total. The third kappa shape index (κ3) is 3.65. The van der Waals surface area contributed by atoms with Gasteiger partial charge in [0.1, 0.15) is 18.2 Å². The molecular weight excluding hydrogens is 320 g/mol. The number of hydrogen-bond acceptors (Lipinski definition) is 4. The summed E-state index contributed by atoms with van der Waals surface area (Å²) in [5, 5.41) is 6.85. The van der Waals surface area contributed by atoms with Crippen molar-refractivity contribution >= 4 is 12.2 Å². The summed E-state index contributed by atoms with van der Waals surface area (Å²) in [5.74, 6) is 1.65. The van der Waals surface area contributed by atoms with Crippen LogP contribution < -0.4 is 10.2 Å². The SMILES string of the molecule is Cc1ccccc1COc1ccccc1CNn1c(C)n[nH]c1=S. The summed E-state index contributed by atoms with van der Waals surface area (Å²) in [4.78, 5) is 0. The fraction of sp³-hybridized carbons (Fsp3) is 0.222. The van der Waals surface area contributed by atoms with Gasteiger partial charge < -0.3 is 10.2 Å². The van der Waals surface area contributed by atoms with Crippen LogP contribution in [0.5, 0.6) is 5.75 Å². The van der Waals surface area contributed by atoms with E-state index in [1.54, 1.807) is 4.68 Å². The molecule has 0 atom stereocenters. The molecule has 0 aliphatic rings. The van der Waals surface area contributed by atoms with Crippen LogP contribution in [0.4, 0.5) is 0 Å². The Morgan fingerprint density at radius 2 is 1.79 bits per heavy atom. The van der Waals surface area contributed by atoms with Gasteiger partial charge in [-0.25, -0.2) is 4.68 Å². The minimum absolute atomic E-state index is 0.547. The monoisotopic (exact) mass is 340 g/mol. The van der Waals surface area contributed by atoms with E-state index in [-0.39, 0.29) is 0 Å². The number of aromatic amines is 1. The van der Waals surface area contributed by atoms with Crippen LogP contribution in [-0.4, -0.2) is 14.9 Å². The van der Waals surface area contributed by atoms with E-state index < -0.39 is 0 Å². The van der Waals surface area contributed by atoms with Crippen molar-refractivity contribution in [2.45, 2.75) is 27.0 Å².